The Balaban J connectivity index is 1.80. The maximum Gasteiger partial charge on any atom is 0.393 e. The molecule has 2 aliphatic rings. The molecule has 1 aliphatic carbocycles. The largest absolute Gasteiger partial charge is 0.393 e. The molecule has 0 aromatic carbocycles. The molecule has 1 aromatic rings. The molecule has 0 bridgehead atoms. The Hall–Kier alpha value is -1.11. The van der Waals surface area contributed by atoms with E-state index in [2.05, 4.69) is 4.98 Å². The lowest BCUT2D eigenvalue weighted by Crippen LogP contribution is -2.41. The number of halogens is 3. The summed E-state index contributed by atoms with van der Waals surface area (Å²) >= 11 is 1.23. The highest BCUT2D eigenvalue weighted by Gasteiger charge is 2.42. The zero-order chi connectivity index (χ0) is 14.3. The fraction of sp³-hybridized carbons (Fsp3) is 0.692. The van der Waals surface area contributed by atoms with Gasteiger partial charge < -0.3 is 4.90 Å². The lowest BCUT2D eigenvalue weighted by atomic mass is 9.98. The number of aromatic nitrogens is 1. The van der Waals surface area contributed by atoms with Gasteiger partial charge in [-0.05, 0) is 25.7 Å². The third-order valence-corrected chi connectivity index (χ3v) is 4.95. The highest BCUT2D eigenvalue weighted by molar-refractivity contribution is 7.17. The molecule has 2 fully saturated rings. The van der Waals surface area contributed by atoms with Crippen molar-refractivity contribution in [1.29, 1.82) is 0 Å². The molecule has 0 radical (unpaired) electrons. The number of carbonyl (C=O) groups excluding carboxylic acids is 1. The summed E-state index contributed by atoms with van der Waals surface area (Å²) in [6.45, 7) is 0.544. The van der Waals surface area contributed by atoms with Crippen molar-refractivity contribution in [2.24, 2.45) is 5.92 Å². The van der Waals surface area contributed by atoms with Gasteiger partial charge in [-0.15, -0.1) is 0 Å². The minimum absolute atomic E-state index is 0.0422. The van der Waals surface area contributed by atoms with Gasteiger partial charge in [-0.25, -0.2) is 4.98 Å². The predicted molar refractivity (Wildman–Crippen MR) is 70.5 cm³/mol. The Kier molecular flexibility index (Phi) is 3.48. The molecule has 3 rings (SSSR count). The van der Waals surface area contributed by atoms with E-state index in [-0.39, 0.29) is 13.0 Å². The van der Waals surface area contributed by atoms with Crippen LogP contribution in [-0.2, 0) is 0 Å². The average Bonchev–Trinajstić information content (AvgIpc) is 3.17. The van der Waals surface area contributed by atoms with Crippen LogP contribution in [0.1, 0.15) is 47.0 Å². The molecule has 20 heavy (non-hydrogen) atoms. The minimum atomic E-state index is -4.15. The standard InChI is InChI=1S/C13H15F3N2OS/c14-13(15,16)9-2-1-5-18(6-9)12-17-11(8-3-4-8)10(7-19)20-12/h7-9H,1-6H2. The molecule has 1 saturated carbocycles. The van der Waals surface area contributed by atoms with Crippen LogP contribution < -0.4 is 4.90 Å². The molecular formula is C13H15F3N2OS. The zero-order valence-corrected chi connectivity index (χ0v) is 11.6. The smallest absolute Gasteiger partial charge is 0.347 e. The number of hydrogen-bond acceptors (Lipinski definition) is 4. The number of anilines is 1. The summed E-state index contributed by atoms with van der Waals surface area (Å²) in [7, 11) is 0. The van der Waals surface area contributed by atoms with Crippen LogP contribution in [0.5, 0.6) is 0 Å². The Labute approximate surface area is 118 Å². The Morgan fingerprint density at radius 1 is 1.30 bits per heavy atom. The normalized spacial score (nSPS) is 23.9. The van der Waals surface area contributed by atoms with Crippen molar-refractivity contribution in [2.45, 2.75) is 37.8 Å². The highest BCUT2D eigenvalue weighted by Crippen LogP contribution is 2.44. The van der Waals surface area contributed by atoms with Gasteiger partial charge in [0.1, 0.15) is 0 Å². The van der Waals surface area contributed by atoms with Gasteiger partial charge >= 0.3 is 6.18 Å². The van der Waals surface area contributed by atoms with E-state index in [0.29, 0.717) is 28.9 Å². The number of piperidine rings is 1. The molecule has 1 saturated heterocycles. The van der Waals surface area contributed by atoms with Crippen LogP contribution in [0.15, 0.2) is 0 Å². The molecule has 1 unspecified atom stereocenters. The van der Waals surface area contributed by atoms with Gasteiger partial charge in [-0.2, -0.15) is 13.2 Å². The summed E-state index contributed by atoms with van der Waals surface area (Å²) in [6.07, 6.45) is -0.631. The van der Waals surface area contributed by atoms with Gasteiger partial charge in [0.15, 0.2) is 11.4 Å². The van der Waals surface area contributed by atoms with Crippen molar-refractivity contribution in [1.82, 2.24) is 4.98 Å². The molecule has 1 aliphatic heterocycles. The van der Waals surface area contributed by atoms with E-state index < -0.39 is 12.1 Å². The van der Waals surface area contributed by atoms with E-state index in [0.717, 1.165) is 24.8 Å². The van der Waals surface area contributed by atoms with Crippen LogP contribution in [0.2, 0.25) is 0 Å². The molecule has 1 aromatic heterocycles. The summed E-state index contributed by atoms with van der Waals surface area (Å²) < 4.78 is 38.5. The van der Waals surface area contributed by atoms with Gasteiger partial charge in [0.2, 0.25) is 0 Å². The van der Waals surface area contributed by atoms with Crippen LogP contribution in [-0.4, -0.2) is 30.5 Å². The molecule has 0 N–H and O–H groups in total. The summed E-state index contributed by atoms with van der Waals surface area (Å²) in [5.74, 6) is -0.951. The maximum atomic E-state index is 12.8. The van der Waals surface area contributed by atoms with E-state index in [1.165, 1.54) is 11.3 Å². The first-order chi connectivity index (χ1) is 9.49. The first kappa shape index (κ1) is 13.9. The van der Waals surface area contributed by atoms with Crippen molar-refractivity contribution in [3.8, 4) is 0 Å². The van der Waals surface area contributed by atoms with Crippen molar-refractivity contribution < 1.29 is 18.0 Å². The molecule has 2 heterocycles. The Morgan fingerprint density at radius 3 is 2.65 bits per heavy atom. The fourth-order valence-electron chi connectivity index (χ4n) is 2.62. The number of carbonyl (C=O) groups is 1. The highest BCUT2D eigenvalue weighted by atomic mass is 32.1. The zero-order valence-electron chi connectivity index (χ0n) is 10.8. The van der Waals surface area contributed by atoms with E-state index in [9.17, 15) is 18.0 Å². The van der Waals surface area contributed by atoms with Crippen LogP contribution in [0.3, 0.4) is 0 Å². The Bertz CT molecular complexity index is 510. The molecule has 1 atom stereocenters. The lowest BCUT2D eigenvalue weighted by molar-refractivity contribution is -0.175. The van der Waals surface area contributed by atoms with Crippen molar-refractivity contribution in [2.75, 3.05) is 18.0 Å². The average molecular weight is 304 g/mol. The third-order valence-electron chi connectivity index (χ3n) is 3.90. The number of thiazole rings is 1. The maximum absolute atomic E-state index is 12.8. The van der Waals surface area contributed by atoms with Gasteiger partial charge in [-0.3, -0.25) is 4.79 Å². The van der Waals surface area contributed by atoms with Gasteiger partial charge in [0.05, 0.1) is 16.5 Å². The quantitative estimate of drug-likeness (QED) is 0.800. The van der Waals surface area contributed by atoms with Crippen molar-refractivity contribution in [3.05, 3.63) is 10.6 Å². The van der Waals surface area contributed by atoms with Crippen molar-refractivity contribution >= 4 is 22.8 Å². The molecule has 7 heteroatoms. The number of hydrogen-bond donors (Lipinski definition) is 0. The van der Waals surface area contributed by atoms with Crippen molar-refractivity contribution in [3.63, 3.8) is 0 Å². The molecular weight excluding hydrogens is 289 g/mol. The molecule has 3 nitrogen and oxygen atoms in total. The second-order valence-electron chi connectivity index (χ2n) is 5.46. The first-order valence-electron chi connectivity index (χ1n) is 6.76. The van der Waals surface area contributed by atoms with Crippen LogP contribution in [0.25, 0.3) is 0 Å². The number of rotatable bonds is 3. The Morgan fingerprint density at radius 2 is 2.05 bits per heavy atom. The SMILES string of the molecule is O=Cc1sc(N2CCCC(C(F)(F)F)C2)nc1C1CC1. The third kappa shape index (κ3) is 2.68. The van der Waals surface area contributed by atoms with Gasteiger partial charge in [-0.1, -0.05) is 11.3 Å². The summed E-state index contributed by atoms with van der Waals surface area (Å²) in [6, 6.07) is 0. The number of nitrogens with zero attached hydrogens (tertiary/aromatic N) is 2. The topological polar surface area (TPSA) is 33.2 Å². The molecule has 110 valence electrons. The van der Waals surface area contributed by atoms with Gasteiger partial charge in [0.25, 0.3) is 0 Å². The van der Waals surface area contributed by atoms with Crippen LogP contribution in [0, 0.1) is 5.92 Å². The molecule has 0 spiro atoms. The van der Waals surface area contributed by atoms with E-state index in [4.69, 9.17) is 0 Å². The predicted octanol–water partition coefficient (Wildman–Crippen LogP) is 3.61. The monoisotopic (exact) mass is 304 g/mol. The van der Waals surface area contributed by atoms with Crippen LogP contribution >= 0.6 is 11.3 Å². The van der Waals surface area contributed by atoms with E-state index in [1.807, 2.05) is 0 Å². The summed E-state index contributed by atoms with van der Waals surface area (Å²) in [5, 5.41) is 0.572. The fourth-order valence-corrected chi connectivity index (χ4v) is 3.62. The van der Waals surface area contributed by atoms with Gasteiger partial charge in [0, 0.05) is 19.0 Å². The van der Waals surface area contributed by atoms with E-state index >= 15 is 0 Å². The minimum Gasteiger partial charge on any atom is -0.347 e. The first-order valence-corrected chi connectivity index (χ1v) is 7.58. The van der Waals surface area contributed by atoms with Crippen LogP contribution in [0.4, 0.5) is 18.3 Å². The number of aldehydes is 1. The lowest BCUT2D eigenvalue weighted by Gasteiger charge is -2.33. The van der Waals surface area contributed by atoms with E-state index in [1.54, 1.807) is 4.90 Å². The number of alkyl halides is 3. The summed E-state index contributed by atoms with van der Waals surface area (Å²) in [4.78, 5) is 17.7. The second kappa shape index (κ2) is 5.02. The summed E-state index contributed by atoms with van der Waals surface area (Å²) in [5.41, 5.74) is 0.786. The molecule has 0 amide bonds. The second-order valence-corrected chi connectivity index (χ2v) is 6.47.